The Morgan fingerprint density at radius 3 is 1.97 bits per heavy atom. The highest BCUT2D eigenvalue weighted by Crippen LogP contribution is 2.33. The molecule has 0 N–H and O–H groups in total. The van der Waals surface area contributed by atoms with Gasteiger partial charge in [-0.2, -0.15) is 18.7 Å². The summed E-state index contributed by atoms with van der Waals surface area (Å²) < 4.78 is 58.6. The molecule has 1 aromatic rings. The van der Waals surface area contributed by atoms with Gasteiger partial charge in [0, 0.05) is 27.7 Å². The summed E-state index contributed by atoms with van der Waals surface area (Å²) in [7, 11) is 0. The van der Waals surface area contributed by atoms with Crippen molar-refractivity contribution in [2.75, 3.05) is 6.61 Å². The van der Waals surface area contributed by atoms with Gasteiger partial charge in [0.2, 0.25) is 24.2 Å². The lowest BCUT2D eigenvalue weighted by Gasteiger charge is -2.43. The zero-order valence-corrected chi connectivity index (χ0v) is 18.5. The predicted molar refractivity (Wildman–Crippen MR) is 99.5 cm³/mol. The van der Waals surface area contributed by atoms with Gasteiger partial charge in [-0.05, 0) is 0 Å². The van der Waals surface area contributed by atoms with Gasteiger partial charge in [-0.3, -0.25) is 19.2 Å². The Balaban J connectivity index is 2.52. The van der Waals surface area contributed by atoms with Crippen LogP contribution < -0.4 is 4.74 Å². The molecule has 0 amide bonds. The Bertz CT molecular complexity index is 934. The summed E-state index contributed by atoms with van der Waals surface area (Å²) in [5.74, 6) is -5.63. The summed E-state index contributed by atoms with van der Waals surface area (Å²) in [6.45, 7) is 3.63. The standard InChI is InChI=1S/C18H19ClF2N2O10/c1-6(24)28-5-10-12(29-7(2)25)13(30-8(3)26)14(31-9(4)27)17(32-10)33-16-11(19)15(20)22-18(21)23-16/h10,12-14,17H,5H2,1-4H3/t10-,12-,13+,14-,17+/m1/s1. The molecule has 0 aliphatic carbocycles. The van der Waals surface area contributed by atoms with Crippen LogP contribution in [0.25, 0.3) is 0 Å². The molecule has 12 nitrogen and oxygen atoms in total. The fourth-order valence-electron chi connectivity index (χ4n) is 2.85. The van der Waals surface area contributed by atoms with Gasteiger partial charge in [0.05, 0.1) is 0 Å². The first-order valence-corrected chi connectivity index (χ1v) is 9.62. The molecular weight excluding hydrogens is 478 g/mol. The Labute approximate surface area is 190 Å². The van der Waals surface area contributed by atoms with E-state index in [2.05, 4.69) is 9.97 Å². The van der Waals surface area contributed by atoms with Gasteiger partial charge >= 0.3 is 30.0 Å². The highest BCUT2D eigenvalue weighted by molar-refractivity contribution is 6.31. The third-order valence-electron chi connectivity index (χ3n) is 3.93. The minimum atomic E-state index is -1.77. The topological polar surface area (TPSA) is 149 Å². The van der Waals surface area contributed by atoms with Crippen LogP contribution in [0.1, 0.15) is 27.7 Å². The molecule has 1 aromatic heterocycles. The van der Waals surface area contributed by atoms with E-state index in [4.69, 9.17) is 40.0 Å². The van der Waals surface area contributed by atoms with E-state index in [0.717, 1.165) is 27.7 Å². The average molecular weight is 497 g/mol. The predicted octanol–water partition coefficient (Wildman–Crippen LogP) is 0.870. The minimum absolute atomic E-state index is 0.530. The van der Waals surface area contributed by atoms with Crippen molar-refractivity contribution in [2.45, 2.75) is 58.4 Å². The molecule has 0 saturated carbocycles. The third kappa shape index (κ3) is 7.18. The van der Waals surface area contributed by atoms with Crippen LogP contribution in [0.5, 0.6) is 5.88 Å². The first-order chi connectivity index (χ1) is 15.4. The van der Waals surface area contributed by atoms with Crippen molar-refractivity contribution in [1.29, 1.82) is 0 Å². The number of halogens is 3. The highest BCUT2D eigenvalue weighted by atomic mass is 35.5. The largest absolute Gasteiger partial charge is 0.463 e. The van der Waals surface area contributed by atoms with Crippen molar-refractivity contribution in [3.8, 4) is 5.88 Å². The maximum Gasteiger partial charge on any atom is 0.314 e. The summed E-state index contributed by atoms with van der Waals surface area (Å²) in [5, 5.41) is -0.829. The van der Waals surface area contributed by atoms with Gasteiger partial charge in [0.15, 0.2) is 17.2 Å². The number of aromatic nitrogens is 2. The van der Waals surface area contributed by atoms with Crippen LogP contribution in [0.3, 0.4) is 0 Å². The number of esters is 4. The molecular formula is C18H19ClF2N2O10. The molecule has 1 aliphatic heterocycles. The Kier molecular flexibility index (Phi) is 8.82. The first-order valence-electron chi connectivity index (χ1n) is 9.24. The number of hydrogen-bond donors (Lipinski definition) is 0. The van der Waals surface area contributed by atoms with Crippen LogP contribution in [-0.2, 0) is 42.9 Å². The number of ether oxygens (including phenoxy) is 6. The summed E-state index contributed by atoms with van der Waals surface area (Å²) in [6, 6.07) is 0. The molecule has 0 radical (unpaired) electrons. The number of nitrogens with zero attached hydrogens (tertiary/aromatic N) is 2. The molecule has 0 unspecified atom stereocenters. The first kappa shape index (κ1) is 26.1. The van der Waals surface area contributed by atoms with E-state index >= 15 is 0 Å². The summed E-state index contributed by atoms with van der Waals surface area (Å²) in [4.78, 5) is 52.4. The monoisotopic (exact) mass is 496 g/mol. The van der Waals surface area contributed by atoms with Crippen LogP contribution in [0.4, 0.5) is 8.78 Å². The number of carbonyl (C=O) groups excluding carboxylic acids is 4. The second-order valence-corrected chi connectivity index (χ2v) is 6.97. The molecule has 182 valence electrons. The molecule has 2 rings (SSSR count). The van der Waals surface area contributed by atoms with Gasteiger partial charge in [0.25, 0.3) is 0 Å². The Morgan fingerprint density at radius 2 is 1.42 bits per heavy atom. The van der Waals surface area contributed by atoms with Gasteiger partial charge in [0.1, 0.15) is 12.7 Å². The molecule has 1 fully saturated rings. The summed E-state index contributed by atoms with van der Waals surface area (Å²) in [5.41, 5.74) is 0. The van der Waals surface area contributed by atoms with Crippen molar-refractivity contribution < 1.29 is 56.4 Å². The third-order valence-corrected chi connectivity index (χ3v) is 4.25. The smallest absolute Gasteiger partial charge is 0.314 e. The van der Waals surface area contributed by atoms with Crippen molar-refractivity contribution in [3.05, 3.63) is 17.0 Å². The lowest BCUT2D eigenvalue weighted by molar-refractivity contribution is -0.289. The highest BCUT2D eigenvalue weighted by Gasteiger charge is 2.53. The van der Waals surface area contributed by atoms with E-state index < -0.39 is 84.1 Å². The molecule has 5 atom stereocenters. The van der Waals surface area contributed by atoms with Crippen LogP contribution in [-0.4, -0.2) is 71.2 Å². The van der Waals surface area contributed by atoms with Gasteiger partial charge in [-0.15, -0.1) is 0 Å². The average Bonchev–Trinajstić information content (AvgIpc) is 2.67. The summed E-state index contributed by atoms with van der Waals surface area (Å²) >= 11 is 5.72. The van der Waals surface area contributed by atoms with Gasteiger partial charge in [-0.1, -0.05) is 11.6 Å². The van der Waals surface area contributed by atoms with Crippen molar-refractivity contribution >= 4 is 35.5 Å². The van der Waals surface area contributed by atoms with E-state index in [0.29, 0.717) is 0 Å². The minimum Gasteiger partial charge on any atom is -0.463 e. The molecule has 15 heteroatoms. The Hall–Kier alpha value is -3.13. The number of hydrogen-bond acceptors (Lipinski definition) is 12. The van der Waals surface area contributed by atoms with E-state index in [-0.39, 0.29) is 0 Å². The lowest BCUT2D eigenvalue weighted by atomic mass is 9.98. The van der Waals surface area contributed by atoms with Gasteiger partial charge in [-0.25, -0.2) is 0 Å². The quantitative estimate of drug-likeness (QED) is 0.228. The normalized spacial score (nSPS) is 24.4. The van der Waals surface area contributed by atoms with Crippen LogP contribution in [0, 0.1) is 12.0 Å². The van der Waals surface area contributed by atoms with Crippen molar-refractivity contribution in [3.63, 3.8) is 0 Å². The Morgan fingerprint density at radius 1 is 0.879 bits per heavy atom. The number of rotatable bonds is 7. The second kappa shape index (κ2) is 11.1. The van der Waals surface area contributed by atoms with Crippen molar-refractivity contribution in [1.82, 2.24) is 9.97 Å². The SMILES string of the molecule is CC(=O)OC[C@H]1O[C@@H](Oc2nc(F)nc(F)c2Cl)[C@H](OC(C)=O)[C@@H](OC(C)=O)[C@@H]1OC(C)=O. The second-order valence-electron chi connectivity index (χ2n) is 6.59. The maximum absolute atomic E-state index is 13.7. The van der Waals surface area contributed by atoms with Gasteiger partial charge < -0.3 is 28.4 Å². The molecule has 1 saturated heterocycles. The van der Waals surface area contributed by atoms with Crippen LogP contribution >= 0.6 is 11.6 Å². The number of carbonyl (C=O) groups is 4. The van der Waals surface area contributed by atoms with E-state index in [1.165, 1.54) is 0 Å². The summed E-state index contributed by atoms with van der Waals surface area (Å²) in [6.07, 6.45) is -9.26. The maximum atomic E-state index is 13.7. The fourth-order valence-corrected chi connectivity index (χ4v) is 2.98. The molecule has 0 bridgehead atoms. The lowest BCUT2D eigenvalue weighted by Crippen LogP contribution is -2.63. The van der Waals surface area contributed by atoms with E-state index in [9.17, 15) is 28.0 Å². The molecule has 0 spiro atoms. The van der Waals surface area contributed by atoms with E-state index in [1.54, 1.807) is 0 Å². The molecule has 0 aromatic carbocycles. The van der Waals surface area contributed by atoms with Crippen LogP contribution in [0.15, 0.2) is 0 Å². The van der Waals surface area contributed by atoms with E-state index in [1.807, 2.05) is 0 Å². The van der Waals surface area contributed by atoms with Crippen molar-refractivity contribution in [2.24, 2.45) is 0 Å². The van der Waals surface area contributed by atoms with Crippen LogP contribution in [0.2, 0.25) is 5.02 Å². The molecule has 33 heavy (non-hydrogen) atoms. The molecule has 2 heterocycles. The fraction of sp³-hybridized carbons (Fsp3) is 0.556. The molecule has 1 aliphatic rings. The zero-order valence-electron chi connectivity index (χ0n) is 17.7. The zero-order chi connectivity index (χ0) is 24.9.